The zero-order valence-electron chi connectivity index (χ0n) is 6.54. The Bertz CT molecular complexity index is 413. The first kappa shape index (κ1) is 8.00. The third kappa shape index (κ3) is 1.46. The Kier molecular flexibility index (Phi) is 2.09. The zero-order chi connectivity index (χ0) is 9.10. The van der Waals surface area contributed by atoms with E-state index in [1.165, 1.54) is 11.3 Å². The van der Waals surface area contributed by atoms with Gasteiger partial charge in [-0.25, -0.2) is 0 Å². The lowest BCUT2D eigenvalue weighted by atomic mass is 10.2. The topological polar surface area (TPSA) is 55.2 Å². The first-order valence-electron chi connectivity index (χ1n) is 3.61. The van der Waals surface area contributed by atoms with Gasteiger partial charge in [0.15, 0.2) is 0 Å². The van der Waals surface area contributed by atoms with Gasteiger partial charge in [0, 0.05) is 5.56 Å². The molecule has 13 heavy (non-hydrogen) atoms. The Morgan fingerprint density at radius 1 is 1.31 bits per heavy atom. The Hall–Kier alpha value is -1.62. The van der Waals surface area contributed by atoms with Crippen molar-refractivity contribution in [3.63, 3.8) is 0 Å². The van der Waals surface area contributed by atoms with Crippen molar-refractivity contribution in [3.8, 4) is 10.6 Å². The maximum absolute atomic E-state index is 10.4. The highest BCUT2D eigenvalue weighted by Gasteiger charge is 2.06. The van der Waals surface area contributed by atoms with E-state index in [1.54, 1.807) is 23.7 Å². The van der Waals surface area contributed by atoms with Crippen LogP contribution in [0.4, 0.5) is 5.69 Å². The molecule has 0 aliphatic heterocycles. The van der Waals surface area contributed by atoms with Gasteiger partial charge >= 0.3 is 0 Å². The molecule has 0 saturated heterocycles. The lowest BCUT2D eigenvalue weighted by Gasteiger charge is -1.96. The van der Waals surface area contributed by atoms with Crippen LogP contribution in [0.25, 0.3) is 10.6 Å². The first-order valence-corrected chi connectivity index (χ1v) is 4.48. The molecule has 1 heterocycles. The van der Waals surface area contributed by atoms with Gasteiger partial charge in [0.2, 0.25) is 0 Å². The molecule has 5 heteroatoms. The minimum atomic E-state index is 0.402. The molecule has 0 atom stereocenters. The Morgan fingerprint density at radius 2 is 2.15 bits per heavy atom. The summed E-state index contributed by atoms with van der Waals surface area (Å²) >= 11 is 1.38. The normalized spacial score (nSPS) is 9.85. The van der Waals surface area contributed by atoms with Crippen molar-refractivity contribution in [2.45, 2.75) is 0 Å². The fourth-order valence-corrected chi connectivity index (χ4v) is 1.61. The molecule has 2 rings (SSSR count). The van der Waals surface area contributed by atoms with E-state index in [0.717, 1.165) is 10.6 Å². The molecule has 0 aliphatic carbocycles. The van der Waals surface area contributed by atoms with Crippen molar-refractivity contribution in [3.05, 3.63) is 34.7 Å². The van der Waals surface area contributed by atoms with E-state index in [2.05, 4.69) is 15.4 Å². The van der Waals surface area contributed by atoms with Crippen LogP contribution in [-0.2, 0) is 0 Å². The Balaban J connectivity index is 2.57. The first-order chi connectivity index (χ1) is 6.42. The predicted molar refractivity (Wildman–Crippen MR) is 50.8 cm³/mol. The highest BCUT2D eigenvalue weighted by atomic mass is 32.1. The average Bonchev–Trinajstić information content (AvgIpc) is 2.70. The molecule has 4 nitrogen and oxygen atoms in total. The van der Waals surface area contributed by atoms with Crippen molar-refractivity contribution in [1.29, 1.82) is 0 Å². The van der Waals surface area contributed by atoms with Gasteiger partial charge in [-0.3, -0.25) is 0 Å². The molecule has 1 aromatic carbocycles. The van der Waals surface area contributed by atoms with E-state index >= 15 is 0 Å². The summed E-state index contributed by atoms with van der Waals surface area (Å²) in [5.74, 6) is 0. The standard InChI is InChI=1S/C8H5N3OS/c12-11-7-4-2-1-3-6(7)8-10-9-5-13-8/h1-5H. The van der Waals surface area contributed by atoms with Crippen LogP contribution in [0.15, 0.2) is 35.0 Å². The van der Waals surface area contributed by atoms with Gasteiger partial charge < -0.3 is 0 Å². The summed E-state index contributed by atoms with van der Waals surface area (Å²) in [6, 6.07) is 7.06. The van der Waals surface area contributed by atoms with Crippen molar-refractivity contribution >= 4 is 17.0 Å². The summed E-state index contributed by atoms with van der Waals surface area (Å²) in [5, 5.41) is 11.2. The van der Waals surface area contributed by atoms with E-state index < -0.39 is 0 Å². The molecule has 1 aromatic heterocycles. The number of nitrogens with zero attached hydrogens (tertiary/aromatic N) is 3. The average molecular weight is 191 g/mol. The molecule has 0 radical (unpaired) electrons. The smallest absolute Gasteiger partial charge is 0.147 e. The molecule has 0 aliphatic rings. The second kappa shape index (κ2) is 3.40. The van der Waals surface area contributed by atoms with Crippen LogP contribution < -0.4 is 0 Å². The van der Waals surface area contributed by atoms with E-state index in [-0.39, 0.29) is 0 Å². The minimum Gasteiger partial charge on any atom is -0.147 e. The maximum Gasteiger partial charge on any atom is 0.149 e. The fraction of sp³-hybridized carbons (Fsp3) is 0. The molecule has 2 aromatic rings. The van der Waals surface area contributed by atoms with Crippen molar-refractivity contribution in [2.24, 2.45) is 5.18 Å². The van der Waals surface area contributed by atoms with E-state index in [4.69, 9.17) is 0 Å². The fourth-order valence-electron chi connectivity index (χ4n) is 1.02. The SMILES string of the molecule is O=Nc1ccccc1-c1nncs1. The third-order valence-electron chi connectivity index (χ3n) is 1.59. The van der Waals surface area contributed by atoms with E-state index in [1.807, 2.05) is 6.07 Å². The van der Waals surface area contributed by atoms with Crippen molar-refractivity contribution < 1.29 is 0 Å². The number of benzene rings is 1. The highest BCUT2D eigenvalue weighted by Crippen LogP contribution is 2.30. The summed E-state index contributed by atoms with van der Waals surface area (Å²) in [6.45, 7) is 0. The van der Waals surface area contributed by atoms with Crippen LogP contribution in [0.3, 0.4) is 0 Å². The summed E-state index contributed by atoms with van der Waals surface area (Å²) in [7, 11) is 0. The summed E-state index contributed by atoms with van der Waals surface area (Å²) in [5.41, 5.74) is 2.76. The second-order valence-corrected chi connectivity index (χ2v) is 3.19. The third-order valence-corrected chi connectivity index (χ3v) is 2.32. The second-order valence-electron chi connectivity index (χ2n) is 2.35. The molecule has 0 N–H and O–H groups in total. The molecular weight excluding hydrogens is 186 g/mol. The molecule has 64 valence electrons. The van der Waals surface area contributed by atoms with Gasteiger partial charge in [-0.1, -0.05) is 23.5 Å². The van der Waals surface area contributed by atoms with Crippen LogP contribution in [0.5, 0.6) is 0 Å². The number of aromatic nitrogens is 2. The van der Waals surface area contributed by atoms with Crippen molar-refractivity contribution in [2.75, 3.05) is 0 Å². The predicted octanol–water partition coefficient (Wildman–Crippen LogP) is 2.60. The van der Waals surface area contributed by atoms with Crippen LogP contribution >= 0.6 is 11.3 Å². The van der Waals surface area contributed by atoms with Gasteiger partial charge in [0.1, 0.15) is 16.2 Å². The quantitative estimate of drug-likeness (QED) is 0.685. The number of hydrogen-bond acceptors (Lipinski definition) is 5. The van der Waals surface area contributed by atoms with Crippen molar-refractivity contribution in [1.82, 2.24) is 10.2 Å². The highest BCUT2D eigenvalue weighted by molar-refractivity contribution is 7.12. The monoisotopic (exact) mass is 191 g/mol. The largest absolute Gasteiger partial charge is 0.149 e. The maximum atomic E-state index is 10.4. The van der Waals surface area contributed by atoms with Crippen LogP contribution in [0.1, 0.15) is 0 Å². The molecule has 0 bridgehead atoms. The molecule has 0 spiro atoms. The summed E-state index contributed by atoms with van der Waals surface area (Å²) in [4.78, 5) is 10.4. The van der Waals surface area contributed by atoms with Gasteiger partial charge in [-0.05, 0) is 17.3 Å². The number of hydrogen-bond donors (Lipinski definition) is 0. The number of nitroso groups, excluding NO2 is 1. The van der Waals surface area contributed by atoms with Gasteiger partial charge in [-0.2, -0.15) is 0 Å². The molecule has 0 unspecified atom stereocenters. The summed E-state index contributed by atoms with van der Waals surface area (Å²) in [6.07, 6.45) is 0. The van der Waals surface area contributed by atoms with E-state index in [9.17, 15) is 4.91 Å². The Morgan fingerprint density at radius 3 is 2.85 bits per heavy atom. The number of rotatable bonds is 2. The molecule has 0 amide bonds. The van der Waals surface area contributed by atoms with Crippen LogP contribution in [0.2, 0.25) is 0 Å². The van der Waals surface area contributed by atoms with Crippen LogP contribution in [0, 0.1) is 4.91 Å². The van der Waals surface area contributed by atoms with E-state index in [0.29, 0.717) is 5.69 Å². The van der Waals surface area contributed by atoms with Gasteiger partial charge in [0.25, 0.3) is 0 Å². The summed E-state index contributed by atoms with van der Waals surface area (Å²) < 4.78 is 0. The molecular formula is C8H5N3OS. The van der Waals surface area contributed by atoms with Crippen LogP contribution in [-0.4, -0.2) is 10.2 Å². The molecule has 0 saturated carbocycles. The zero-order valence-corrected chi connectivity index (χ0v) is 7.36. The van der Waals surface area contributed by atoms with Gasteiger partial charge in [-0.15, -0.1) is 15.1 Å². The lowest BCUT2D eigenvalue weighted by Crippen LogP contribution is -1.76. The molecule has 0 fully saturated rings. The Labute approximate surface area is 78.2 Å². The van der Waals surface area contributed by atoms with Gasteiger partial charge in [0.05, 0.1) is 0 Å². The minimum absolute atomic E-state index is 0.402. The lowest BCUT2D eigenvalue weighted by molar-refractivity contribution is 1.09.